The van der Waals surface area contributed by atoms with E-state index in [0.717, 1.165) is 103 Å². The Bertz CT molecular complexity index is 1860. The van der Waals surface area contributed by atoms with Gasteiger partial charge in [-0.05, 0) is 25.7 Å². The molecule has 0 amide bonds. The van der Waals surface area contributed by atoms with Gasteiger partial charge in [-0.3, -0.25) is 37.3 Å². The fourth-order valence-corrected chi connectivity index (χ4v) is 13.9. The highest BCUT2D eigenvalue weighted by Crippen LogP contribution is 2.45. The molecule has 19 heteroatoms. The quantitative estimate of drug-likeness (QED) is 0.0222. The lowest BCUT2D eigenvalue weighted by atomic mass is 10.0. The zero-order valence-corrected chi connectivity index (χ0v) is 65.6. The van der Waals surface area contributed by atoms with E-state index in [4.69, 9.17) is 37.0 Å². The van der Waals surface area contributed by atoms with E-state index in [-0.39, 0.29) is 25.7 Å². The van der Waals surface area contributed by atoms with Gasteiger partial charge in [0.25, 0.3) is 0 Å². The summed E-state index contributed by atoms with van der Waals surface area (Å²) in [4.78, 5) is 72.8. The summed E-state index contributed by atoms with van der Waals surface area (Å²) in [5.41, 5.74) is 0. The lowest BCUT2D eigenvalue weighted by Crippen LogP contribution is -2.30. The second-order valence-corrected chi connectivity index (χ2v) is 31.4. The molecule has 0 spiro atoms. The molecule has 0 aliphatic rings. The van der Waals surface area contributed by atoms with Gasteiger partial charge in [0.05, 0.1) is 26.4 Å². The van der Waals surface area contributed by atoms with Gasteiger partial charge in [-0.15, -0.1) is 0 Å². The number of carbonyl (C=O) groups is 4. The first-order chi connectivity index (χ1) is 47.7. The Morgan fingerprint density at radius 3 is 0.602 bits per heavy atom. The van der Waals surface area contributed by atoms with Crippen molar-refractivity contribution in [3.8, 4) is 0 Å². The molecule has 0 aromatic rings. The van der Waals surface area contributed by atoms with Crippen LogP contribution in [0.2, 0.25) is 0 Å². The number of aliphatic hydroxyl groups is 1. The first kappa shape index (κ1) is 96.1. The Labute approximate surface area is 600 Å². The third-order valence-electron chi connectivity index (χ3n) is 18.6. The maximum absolute atomic E-state index is 13.1. The summed E-state index contributed by atoms with van der Waals surface area (Å²) in [6, 6.07) is 0. The molecule has 0 aliphatic carbocycles. The van der Waals surface area contributed by atoms with Crippen molar-refractivity contribution in [2.45, 2.75) is 444 Å². The lowest BCUT2D eigenvalue weighted by molar-refractivity contribution is -0.161. The standard InChI is InChI=1S/C79H154O17P2/c1-5-9-13-17-21-24-27-30-32-34-36-38-40-42-44-47-50-54-58-62-66-79(84)96-75(70-90-77(82)64-60-56-52-48-46-43-41-39-37-35-33-31-28-25-22-18-14-10-6-2)72-94-98(87,88)92-68-73(80)67-91-97(85,86)93-71-74(69-89-76(81)63-59-55-51-20-16-12-8-4)95-78(83)65-61-57-53-49-45-29-26-23-19-15-11-7-3/h73-75,80H,5-72H2,1-4H3,(H,85,86)(H,87,88)/t73-,74+,75+/m0/s1. The van der Waals surface area contributed by atoms with Crippen LogP contribution in [0.1, 0.15) is 426 Å². The predicted molar refractivity (Wildman–Crippen MR) is 400 cm³/mol. The van der Waals surface area contributed by atoms with Crippen LogP contribution in [0.15, 0.2) is 0 Å². The molecule has 0 saturated heterocycles. The van der Waals surface area contributed by atoms with Crippen LogP contribution in [0.5, 0.6) is 0 Å². The molecule has 5 atom stereocenters. The fraction of sp³-hybridized carbons (Fsp3) is 0.949. The van der Waals surface area contributed by atoms with Crippen molar-refractivity contribution in [1.82, 2.24) is 0 Å². The van der Waals surface area contributed by atoms with Crippen LogP contribution in [0, 0.1) is 0 Å². The van der Waals surface area contributed by atoms with Gasteiger partial charge in [-0.2, -0.15) is 0 Å². The largest absolute Gasteiger partial charge is 0.472 e. The maximum Gasteiger partial charge on any atom is 0.472 e. The zero-order chi connectivity index (χ0) is 71.8. The highest BCUT2D eigenvalue weighted by atomic mass is 31.2. The van der Waals surface area contributed by atoms with Gasteiger partial charge < -0.3 is 33.8 Å². The number of phosphoric acid groups is 2. The van der Waals surface area contributed by atoms with Crippen molar-refractivity contribution in [3.63, 3.8) is 0 Å². The number of hydrogen-bond acceptors (Lipinski definition) is 15. The highest BCUT2D eigenvalue weighted by molar-refractivity contribution is 7.47. The second kappa shape index (κ2) is 73.4. The second-order valence-electron chi connectivity index (χ2n) is 28.5. The molecule has 17 nitrogen and oxygen atoms in total. The Balaban J connectivity index is 5.16. The Morgan fingerprint density at radius 1 is 0.245 bits per heavy atom. The number of unbranched alkanes of at least 4 members (excludes halogenated alkanes) is 54. The summed E-state index contributed by atoms with van der Waals surface area (Å²) in [7, 11) is -9.91. The molecule has 0 aliphatic heterocycles. The number of aliphatic hydroxyl groups excluding tert-OH is 1. The van der Waals surface area contributed by atoms with E-state index < -0.39 is 97.5 Å². The summed E-state index contributed by atoms with van der Waals surface area (Å²) in [6.07, 6.45) is 65.5. The minimum atomic E-state index is -4.96. The van der Waals surface area contributed by atoms with Crippen molar-refractivity contribution in [3.05, 3.63) is 0 Å². The number of phosphoric ester groups is 2. The Hall–Kier alpha value is -1.94. The molecule has 582 valence electrons. The normalized spacial score (nSPS) is 13.8. The summed E-state index contributed by atoms with van der Waals surface area (Å²) < 4.78 is 68.5. The molecule has 0 heterocycles. The van der Waals surface area contributed by atoms with E-state index in [1.54, 1.807) is 0 Å². The van der Waals surface area contributed by atoms with Crippen molar-refractivity contribution in [1.29, 1.82) is 0 Å². The van der Waals surface area contributed by atoms with Crippen LogP contribution in [-0.4, -0.2) is 96.7 Å². The summed E-state index contributed by atoms with van der Waals surface area (Å²) in [5, 5.41) is 10.6. The Morgan fingerprint density at radius 2 is 0.408 bits per heavy atom. The monoisotopic (exact) mass is 1440 g/mol. The first-order valence-corrected chi connectivity index (χ1v) is 44.3. The van der Waals surface area contributed by atoms with Gasteiger partial charge >= 0.3 is 39.5 Å². The van der Waals surface area contributed by atoms with Gasteiger partial charge in [-0.25, -0.2) is 9.13 Å². The number of hydrogen-bond donors (Lipinski definition) is 3. The molecule has 0 aromatic heterocycles. The topological polar surface area (TPSA) is 237 Å². The molecule has 98 heavy (non-hydrogen) atoms. The minimum absolute atomic E-state index is 0.108. The van der Waals surface area contributed by atoms with Gasteiger partial charge in [0.15, 0.2) is 12.2 Å². The van der Waals surface area contributed by atoms with Gasteiger partial charge in [-0.1, -0.05) is 374 Å². The van der Waals surface area contributed by atoms with Crippen molar-refractivity contribution < 1.29 is 80.2 Å². The van der Waals surface area contributed by atoms with Gasteiger partial charge in [0.2, 0.25) is 0 Å². The van der Waals surface area contributed by atoms with Crippen LogP contribution in [0.4, 0.5) is 0 Å². The van der Waals surface area contributed by atoms with Crippen LogP contribution < -0.4 is 0 Å². The van der Waals surface area contributed by atoms with Crippen molar-refractivity contribution >= 4 is 39.5 Å². The molecule has 0 fully saturated rings. The number of carbonyl (C=O) groups excluding carboxylic acids is 4. The summed E-state index contributed by atoms with van der Waals surface area (Å²) in [6.45, 7) is 4.96. The summed E-state index contributed by atoms with van der Waals surface area (Å²) >= 11 is 0. The van der Waals surface area contributed by atoms with E-state index in [0.29, 0.717) is 25.7 Å². The fourth-order valence-electron chi connectivity index (χ4n) is 12.3. The van der Waals surface area contributed by atoms with Gasteiger partial charge in [0.1, 0.15) is 19.3 Å². The van der Waals surface area contributed by atoms with E-state index in [1.165, 1.54) is 244 Å². The highest BCUT2D eigenvalue weighted by Gasteiger charge is 2.30. The summed E-state index contributed by atoms with van der Waals surface area (Å²) in [5.74, 6) is -2.11. The number of ether oxygens (including phenoxy) is 4. The molecular formula is C79H154O17P2. The molecule has 0 bridgehead atoms. The molecule has 3 N–H and O–H groups in total. The zero-order valence-electron chi connectivity index (χ0n) is 63.8. The molecular weight excluding hydrogens is 1280 g/mol. The van der Waals surface area contributed by atoms with Crippen molar-refractivity contribution in [2.24, 2.45) is 0 Å². The van der Waals surface area contributed by atoms with Crippen molar-refractivity contribution in [2.75, 3.05) is 39.6 Å². The third-order valence-corrected chi connectivity index (χ3v) is 20.5. The molecule has 0 aromatic carbocycles. The van der Waals surface area contributed by atoms with Crippen LogP contribution in [0.3, 0.4) is 0 Å². The SMILES string of the molecule is CCCCCCCCCCCCCCCCCCCCCCC(=O)O[C@H](COC(=O)CCCCCCCCCCCCCCCCCCCCC)COP(=O)(O)OC[C@@H](O)COP(=O)(O)OC[C@@H](COC(=O)CCCCCCCCC)OC(=O)CCCCCCCCCCCCCC. The smallest absolute Gasteiger partial charge is 0.462 e. The third kappa shape index (κ3) is 72.4. The first-order valence-electron chi connectivity index (χ1n) is 41.3. The van der Waals surface area contributed by atoms with Gasteiger partial charge in [0, 0.05) is 25.7 Å². The van der Waals surface area contributed by atoms with E-state index in [1.807, 2.05) is 0 Å². The molecule has 0 saturated carbocycles. The average molecular weight is 1440 g/mol. The lowest BCUT2D eigenvalue weighted by Gasteiger charge is -2.21. The van der Waals surface area contributed by atoms with E-state index in [9.17, 15) is 43.2 Å². The Kier molecular flexibility index (Phi) is 71.9. The number of rotatable bonds is 80. The average Bonchev–Trinajstić information content (AvgIpc) is 0.975. The molecule has 0 rings (SSSR count). The van der Waals surface area contributed by atoms with Crippen LogP contribution in [-0.2, 0) is 65.4 Å². The van der Waals surface area contributed by atoms with Crippen LogP contribution in [0.25, 0.3) is 0 Å². The predicted octanol–water partition coefficient (Wildman–Crippen LogP) is 23.8. The van der Waals surface area contributed by atoms with E-state index in [2.05, 4.69) is 27.7 Å². The molecule has 0 radical (unpaired) electrons. The number of esters is 4. The van der Waals surface area contributed by atoms with E-state index >= 15 is 0 Å². The maximum atomic E-state index is 13.1. The van der Waals surface area contributed by atoms with Crippen LogP contribution >= 0.6 is 15.6 Å². The minimum Gasteiger partial charge on any atom is -0.462 e. The molecule has 2 unspecified atom stereocenters.